The van der Waals surface area contributed by atoms with Crippen molar-refractivity contribution < 1.29 is 14.5 Å². The summed E-state index contributed by atoms with van der Waals surface area (Å²) in [5.41, 5.74) is 2.17. The lowest BCUT2D eigenvalue weighted by Gasteiger charge is -2.28. The second kappa shape index (κ2) is 6.32. The van der Waals surface area contributed by atoms with E-state index in [9.17, 15) is 20.2 Å². The van der Waals surface area contributed by atoms with E-state index in [4.69, 9.17) is 4.74 Å². The summed E-state index contributed by atoms with van der Waals surface area (Å²) in [5.74, 6) is -1.28. The highest BCUT2D eigenvalue weighted by Gasteiger charge is 2.34. The molecule has 0 aliphatic carbocycles. The van der Waals surface area contributed by atoms with Crippen LogP contribution in [0.5, 0.6) is 0 Å². The summed E-state index contributed by atoms with van der Waals surface area (Å²) in [6, 6.07) is 8.01. The van der Waals surface area contributed by atoms with Crippen LogP contribution < -0.4 is 5.32 Å². The highest BCUT2D eigenvalue weighted by Crippen LogP contribution is 2.38. The molecule has 1 N–H and O–H groups in total. The topological polar surface area (TPSA) is 105 Å². The summed E-state index contributed by atoms with van der Waals surface area (Å²) >= 11 is 0. The summed E-state index contributed by atoms with van der Waals surface area (Å²) < 4.78 is 4.81. The van der Waals surface area contributed by atoms with Crippen molar-refractivity contribution in [1.29, 1.82) is 5.26 Å². The Hall–Kier alpha value is -3.14. The van der Waals surface area contributed by atoms with Crippen LogP contribution in [0.25, 0.3) is 0 Å². The van der Waals surface area contributed by atoms with E-state index in [1.54, 1.807) is 19.9 Å². The number of carbonyl (C=O) groups excluding carboxylic acids is 1. The van der Waals surface area contributed by atoms with Crippen molar-refractivity contribution in [1.82, 2.24) is 5.32 Å². The molecule has 7 nitrogen and oxygen atoms in total. The van der Waals surface area contributed by atoms with Crippen molar-refractivity contribution in [3.8, 4) is 6.07 Å². The highest BCUT2D eigenvalue weighted by molar-refractivity contribution is 5.93. The molecule has 23 heavy (non-hydrogen) atoms. The van der Waals surface area contributed by atoms with Gasteiger partial charge in [0.25, 0.3) is 5.69 Å². The van der Waals surface area contributed by atoms with Crippen LogP contribution in [0.4, 0.5) is 5.69 Å². The van der Waals surface area contributed by atoms with E-state index in [0.29, 0.717) is 22.5 Å². The number of nitro benzene ring substituents is 1. The van der Waals surface area contributed by atoms with Crippen LogP contribution in [-0.2, 0) is 9.53 Å². The Morgan fingerprint density at radius 3 is 2.65 bits per heavy atom. The number of non-ortho nitro benzene ring substituents is 1. The first-order chi connectivity index (χ1) is 10.9. The molecule has 0 amide bonds. The molecule has 0 bridgehead atoms. The number of ether oxygens (including phenoxy) is 1. The summed E-state index contributed by atoms with van der Waals surface area (Å²) in [7, 11) is 1.25. The lowest BCUT2D eigenvalue weighted by atomic mass is 9.81. The molecule has 0 aromatic heterocycles. The third-order valence-electron chi connectivity index (χ3n) is 3.70. The summed E-state index contributed by atoms with van der Waals surface area (Å²) in [5, 5.41) is 23.5. The standard InChI is InChI=1S/C16H15N3O4/c1-9-13(8-17)15(14(10(2)18-9)16(20)23-3)11-5-4-6-12(7-11)19(21)22/h4-7,15,18H,1-3H3/t15-/m1/s1. The van der Waals surface area contributed by atoms with Gasteiger partial charge in [-0.25, -0.2) is 4.79 Å². The van der Waals surface area contributed by atoms with Crippen molar-refractivity contribution >= 4 is 11.7 Å². The average Bonchev–Trinajstić information content (AvgIpc) is 2.53. The fraction of sp³-hybridized carbons (Fsp3) is 0.250. The largest absolute Gasteiger partial charge is 0.466 e. The van der Waals surface area contributed by atoms with Gasteiger partial charge in [-0.1, -0.05) is 12.1 Å². The molecule has 1 atom stereocenters. The first-order valence-corrected chi connectivity index (χ1v) is 6.82. The lowest BCUT2D eigenvalue weighted by Crippen LogP contribution is -2.28. The number of benzene rings is 1. The number of nitrogens with zero attached hydrogens (tertiary/aromatic N) is 2. The molecule has 0 saturated heterocycles. The molecule has 0 unspecified atom stereocenters. The Bertz CT molecular complexity index is 787. The number of esters is 1. The summed E-state index contributed by atoms with van der Waals surface area (Å²) in [6.07, 6.45) is 0. The Balaban J connectivity index is 2.68. The van der Waals surface area contributed by atoms with Gasteiger partial charge in [0, 0.05) is 23.5 Å². The number of carbonyl (C=O) groups is 1. The Morgan fingerprint density at radius 1 is 1.39 bits per heavy atom. The van der Waals surface area contributed by atoms with Crippen LogP contribution in [0.1, 0.15) is 25.3 Å². The molecule has 1 aliphatic heterocycles. The van der Waals surface area contributed by atoms with Gasteiger partial charge in [-0.2, -0.15) is 5.26 Å². The van der Waals surface area contributed by atoms with E-state index in [0.717, 1.165) is 0 Å². The Labute approximate surface area is 133 Å². The quantitative estimate of drug-likeness (QED) is 0.522. The number of nitriles is 1. The third kappa shape index (κ3) is 2.92. The van der Waals surface area contributed by atoms with E-state index >= 15 is 0 Å². The van der Waals surface area contributed by atoms with Gasteiger partial charge in [0.05, 0.1) is 35.2 Å². The summed E-state index contributed by atoms with van der Waals surface area (Å²) in [6.45, 7) is 3.43. The van der Waals surface area contributed by atoms with Gasteiger partial charge in [0.2, 0.25) is 0 Å². The van der Waals surface area contributed by atoms with Crippen LogP contribution in [0.3, 0.4) is 0 Å². The molecule has 7 heteroatoms. The minimum atomic E-state index is -0.700. The second-order valence-corrected chi connectivity index (χ2v) is 5.09. The number of methoxy groups -OCH3 is 1. The van der Waals surface area contributed by atoms with Crippen molar-refractivity contribution in [3.05, 3.63) is 62.5 Å². The van der Waals surface area contributed by atoms with E-state index in [1.807, 2.05) is 0 Å². The first-order valence-electron chi connectivity index (χ1n) is 6.82. The van der Waals surface area contributed by atoms with Gasteiger partial charge < -0.3 is 10.1 Å². The van der Waals surface area contributed by atoms with Crippen LogP contribution >= 0.6 is 0 Å². The van der Waals surface area contributed by atoms with Crippen molar-refractivity contribution in [2.45, 2.75) is 19.8 Å². The predicted octanol–water partition coefficient (Wildman–Crippen LogP) is 2.53. The van der Waals surface area contributed by atoms with Gasteiger partial charge in [-0.15, -0.1) is 0 Å². The zero-order valence-electron chi connectivity index (χ0n) is 12.9. The zero-order chi connectivity index (χ0) is 17.1. The first kappa shape index (κ1) is 16.2. The number of dihydropyridines is 1. The van der Waals surface area contributed by atoms with Crippen molar-refractivity contribution in [2.24, 2.45) is 0 Å². The molecule has 2 rings (SSSR count). The van der Waals surface area contributed by atoms with Crippen LogP contribution in [0, 0.1) is 21.4 Å². The zero-order valence-corrected chi connectivity index (χ0v) is 12.9. The minimum absolute atomic E-state index is 0.0992. The van der Waals surface area contributed by atoms with Gasteiger partial charge >= 0.3 is 5.97 Å². The average molecular weight is 313 g/mol. The van der Waals surface area contributed by atoms with Crippen LogP contribution in [0.15, 0.2) is 46.8 Å². The van der Waals surface area contributed by atoms with E-state index in [2.05, 4.69) is 11.4 Å². The van der Waals surface area contributed by atoms with Gasteiger partial charge in [-0.3, -0.25) is 10.1 Å². The number of nitrogens with one attached hydrogen (secondary N) is 1. The second-order valence-electron chi connectivity index (χ2n) is 5.09. The number of hydrogen-bond donors (Lipinski definition) is 1. The molecule has 0 radical (unpaired) electrons. The van der Waals surface area contributed by atoms with E-state index in [1.165, 1.54) is 25.3 Å². The summed E-state index contributed by atoms with van der Waals surface area (Å²) in [4.78, 5) is 22.6. The highest BCUT2D eigenvalue weighted by atomic mass is 16.6. The van der Waals surface area contributed by atoms with E-state index < -0.39 is 16.8 Å². The molecule has 1 aliphatic rings. The monoisotopic (exact) mass is 313 g/mol. The van der Waals surface area contributed by atoms with Gasteiger partial charge in [0.1, 0.15) is 0 Å². The minimum Gasteiger partial charge on any atom is -0.466 e. The van der Waals surface area contributed by atoms with Crippen LogP contribution in [-0.4, -0.2) is 18.0 Å². The molecule has 1 aromatic carbocycles. The third-order valence-corrected chi connectivity index (χ3v) is 3.70. The molecule has 1 aromatic rings. The van der Waals surface area contributed by atoms with E-state index in [-0.39, 0.29) is 11.3 Å². The van der Waals surface area contributed by atoms with Gasteiger partial charge in [0.15, 0.2) is 0 Å². The molecular weight excluding hydrogens is 298 g/mol. The van der Waals surface area contributed by atoms with Crippen molar-refractivity contribution in [3.63, 3.8) is 0 Å². The van der Waals surface area contributed by atoms with Gasteiger partial charge in [-0.05, 0) is 19.4 Å². The Kier molecular flexibility index (Phi) is 4.46. The number of allylic oxidation sites excluding steroid dienone is 3. The molecule has 0 saturated carbocycles. The maximum Gasteiger partial charge on any atom is 0.336 e. The SMILES string of the molecule is COC(=O)C1=C(C)NC(C)=C(C#N)[C@H]1c1cccc([N+](=O)[O-])c1. The number of hydrogen-bond acceptors (Lipinski definition) is 6. The maximum atomic E-state index is 12.2. The normalized spacial score (nSPS) is 17.4. The Morgan fingerprint density at radius 2 is 2.09 bits per heavy atom. The lowest BCUT2D eigenvalue weighted by molar-refractivity contribution is -0.384. The smallest absolute Gasteiger partial charge is 0.336 e. The molecule has 1 heterocycles. The molecular formula is C16H15N3O4. The van der Waals surface area contributed by atoms with Crippen LogP contribution in [0.2, 0.25) is 0 Å². The molecule has 0 spiro atoms. The molecule has 118 valence electrons. The predicted molar refractivity (Wildman–Crippen MR) is 82.0 cm³/mol. The fourth-order valence-corrected chi connectivity index (χ4v) is 2.67. The number of rotatable bonds is 3. The fourth-order valence-electron chi connectivity index (χ4n) is 2.67. The van der Waals surface area contributed by atoms with Crippen molar-refractivity contribution in [2.75, 3.05) is 7.11 Å². The number of nitro groups is 1. The maximum absolute atomic E-state index is 12.2. The molecule has 0 fully saturated rings.